The van der Waals surface area contributed by atoms with Crippen LogP contribution in [0.15, 0.2) is 24.3 Å². The molecule has 2 heteroatoms. The van der Waals surface area contributed by atoms with Crippen LogP contribution in [0.1, 0.15) is 43.1 Å². The van der Waals surface area contributed by atoms with Gasteiger partial charge in [0.1, 0.15) is 0 Å². The molecule has 1 aromatic carbocycles. The Morgan fingerprint density at radius 3 is 2.59 bits per heavy atom. The van der Waals surface area contributed by atoms with Crippen molar-refractivity contribution in [3.63, 3.8) is 0 Å². The third-order valence-corrected chi connectivity index (χ3v) is 4.40. The molecule has 0 spiro atoms. The number of hydrogen-bond acceptors (Lipinski definition) is 1. The van der Waals surface area contributed by atoms with Crippen LogP contribution in [0.4, 0.5) is 0 Å². The number of benzene rings is 1. The van der Waals surface area contributed by atoms with Gasteiger partial charge in [-0.25, -0.2) is 0 Å². The second kappa shape index (κ2) is 4.17. The number of fused-ring (bicyclic) bond motifs is 1. The summed E-state index contributed by atoms with van der Waals surface area (Å²) in [5.74, 6) is 0.636. The second-order valence-corrected chi connectivity index (χ2v) is 5.31. The fraction of sp³-hybridized carbons (Fsp3) is 0.533. The first-order valence-corrected chi connectivity index (χ1v) is 6.39. The van der Waals surface area contributed by atoms with Crippen molar-refractivity contribution in [3.05, 3.63) is 35.4 Å². The van der Waals surface area contributed by atoms with Crippen LogP contribution in [0.3, 0.4) is 0 Å². The summed E-state index contributed by atoms with van der Waals surface area (Å²) in [5, 5.41) is 0. The molecule has 17 heavy (non-hydrogen) atoms. The van der Waals surface area contributed by atoms with Gasteiger partial charge in [0.05, 0.1) is 0 Å². The van der Waals surface area contributed by atoms with Crippen molar-refractivity contribution < 1.29 is 4.79 Å². The van der Waals surface area contributed by atoms with Gasteiger partial charge in [0, 0.05) is 18.2 Å². The lowest BCUT2D eigenvalue weighted by atomic mass is 9.74. The van der Waals surface area contributed by atoms with Crippen LogP contribution >= 0.6 is 0 Å². The Bertz CT molecular complexity index is 438. The fourth-order valence-corrected chi connectivity index (χ4v) is 3.08. The Kier molecular flexibility index (Phi) is 2.98. The highest BCUT2D eigenvalue weighted by Gasteiger charge is 2.43. The molecular formula is C15H21NO. The molecule has 0 saturated carbocycles. The summed E-state index contributed by atoms with van der Waals surface area (Å²) >= 11 is 0. The van der Waals surface area contributed by atoms with Crippen LogP contribution < -0.4 is 0 Å². The lowest BCUT2D eigenvalue weighted by Crippen LogP contribution is -2.57. The van der Waals surface area contributed by atoms with E-state index in [0.29, 0.717) is 5.92 Å². The standard InChI is InChI=1S/C15H21NO/c1-5-15(11(2)3)10-12-8-6-7-9-13(12)14(17)16(15)4/h6-9,11H,5,10H2,1-4H3. The lowest BCUT2D eigenvalue weighted by molar-refractivity contribution is 0.0344. The van der Waals surface area contributed by atoms with Crippen molar-refractivity contribution in [3.8, 4) is 0 Å². The van der Waals surface area contributed by atoms with Gasteiger partial charge >= 0.3 is 0 Å². The molecule has 0 radical (unpaired) electrons. The topological polar surface area (TPSA) is 20.3 Å². The van der Waals surface area contributed by atoms with Gasteiger partial charge in [0.2, 0.25) is 0 Å². The average molecular weight is 231 g/mol. The largest absolute Gasteiger partial charge is 0.335 e. The number of likely N-dealkylation sites (N-methyl/N-ethyl adjacent to an activating group) is 1. The number of carbonyl (C=O) groups excluding carboxylic acids is 1. The van der Waals surface area contributed by atoms with E-state index in [0.717, 1.165) is 18.4 Å². The molecule has 1 amide bonds. The predicted octanol–water partition coefficient (Wildman–Crippen LogP) is 3.12. The van der Waals surface area contributed by atoms with Crippen LogP contribution in [0.25, 0.3) is 0 Å². The van der Waals surface area contributed by atoms with Gasteiger partial charge in [0.25, 0.3) is 5.91 Å². The highest BCUT2D eigenvalue weighted by molar-refractivity contribution is 5.97. The summed E-state index contributed by atoms with van der Waals surface area (Å²) in [6.07, 6.45) is 1.97. The molecule has 2 nitrogen and oxygen atoms in total. The average Bonchev–Trinajstić information content (AvgIpc) is 2.33. The van der Waals surface area contributed by atoms with E-state index in [1.54, 1.807) is 0 Å². The first kappa shape index (κ1) is 12.2. The van der Waals surface area contributed by atoms with Gasteiger partial charge in [-0.2, -0.15) is 0 Å². The van der Waals surface area contributed by atoms with Crippen LogP contribution in [0.2, 0.25) is 0 Å². The highest BCUT2D eigenvalue weighted by atomic mass is 16.2. The summed E-state index contributed by atoms with van der Waals surface area (Å²) in [5.41, 5.74) is 2.05. The van der Waals surface area contributed by atoms with E-state index in [-0.39, 0.29) is 11.4 Å². The van der Waals surface area contributed by atoms with Crippen LogP contribution in [-0.2, 0) is 6.42 Å². The monoisotopic (exact) mass is 231 g/mol. The number of carbonyl (C=O) groups is 1. The Balaban J connectivity index is 2.53. The Morgan fingerprint density at radius 2 is 2.00 bits per heavy atom. The zero-order chi connectivity index (χ0) is 12.6. The van der Waals surface area contributed by atoms with Crippen molar-refractivity contribution in [1.82, 2.24) is 4.90 Å². The minimum atomic E-state index is -0.0224. The van der Waals surface area contributed by atoms with E-state index in [9.17, 15) is 4.79 Å². The summed E-state index contributed by atoms with van der Waals surface area (Å²) in [7, 11) is 1.95. The van der Waals surface area contributed by atoms with Gasteiger partial charge in [0.15, 0.2) is 0 Å². The zero-order valence-corrected chi connectivity index (χ0v) is 11.2. The molecule has 0 fully saturated rings. The van der Waals surface area contributed by atoms with E-state index in [2.05, 4.69) is 26.8 Å². The number of rotatable bonds is 2. The predicted molar refractivity (Wildman–Crippen MR) is 70.1 cm³/mol. The van der Waals surface area contributed by atoms with Crippen molar-refractivity contribution in [2.75, 3.05) is 7.05 Å². The van der Waals surface area contributed by atoms with Gasteiger partial charge in [-0.3, -0.25) is 4.79 Å². The van der Waals surface area contributed by atoms with Crippen molar-refractivity contribution >= 4 is 5.91 Å². The molecule has 2 rings (SSSR count). The lowest BCUT2D eigenvalue weighted by Gasteiger charge is -2.48. The Morgan fingerprint density at radius 1 is 1.35 bits per heavy atom. The highest BCUT2D eigenvalue weighted by Crippen LogP contribution is 2.37. The molecule has 0 saturated heterocycles. The third kappa shape index (κ3) is 1.67. The van der Waals surface area contributed by atoms with E-state index in [1.165, 1.54) is 5.56 Å². The number of amides is 1. The molecule has 0 aromatic heterocycles. The van der Waals surface area contributed by atoms with Crippen molar-refractivity contribution in [2.24, 2.45) is 5.92 Å². The second-order valence-electron chi connectivity index (χ2n) is 5.31. The van der Waals surface area contributed by atoms with E-state index in [1.807, 2.05) is 30.1 Å². The minimum Gasteiger partial charge on any atom is -0.335 e. The number of hydrogen-bond donors (Lipinski definition) is 0. The SMILES string of the molecule is CCC1(C(C)C)Cc2ccccc2C(=O)N1C. The fourth-order valence-electron chi connectivity index (χ4n) is 3.08. The maximum absolute atomic E-state index is 12.4. The van der Waals surface area contributed by atoms with Gasteiger partial charge < -0.3 is 4.90 Å². The normalized spacial score (nSPS) is 24.1. The van der Waals surface area contributed by atoms with Crippen LogP contribution in [-0.4, -0.2) is 23.4 Å². The Labute approximate surface area is 104 Å². The molecule has 1 aliphatic heterocycles. The first-order valence-electron chi connectivity index (χ1n) is 6.39. The van der Waals surface area contributed by atoms with Crippen molar-refractivity contribution in [2.45, 2.75) is 39.2 Å². The van der Waals surface area contributed by atoms with Gasteiger partial charge in [-0.05, 0) is 30.4 Å². The Hall–Kier alpha value is -1.31. The molecule has 1 aromatic rings. The molecule has 0 aliphatic carbocycles. The quantitative estimate of drug-likeness (QED) is 0.766. The molecule has 0 N–H and O–H groups in total. The van der Waals surface area contributed by atoms with Gasteiger partial charge in [-0.15, -0.1) is 0 Å². The first-order chi connectivity index (χ1) is 8.03. The minimum absolute atomic E-state index is 0.0224. The molecule has 1 heterocycles. The zero-order valence-electron chi connectivity index (χ0n) is 11.2. The van der Waals surface area contributed by atoms with E-state index < -0.39 is 0 Å². The molecular weight excluding hydrogens is 210 g/mol. The van der Waals surface area contributed by atoms with E-state index >= 15 is 0 Å². The van der Waals surface area contributed by atoms with Gasteiger partial charge in [-0.1, -0.05) is 39.0 Å². The van der Waals surface area contributed by atoms with Crippen LogP contribution in [0.5, 0.6) is 0 Å². The molecule has 1 atom stereocenters. The molecule has 1 unspecified atom stereocenters. The number of nitrogens with zero attached hydrogens (tertiary/aromatic N) is 1. The molecule has 92 valence electrons. The summed E-state index contributed by atoms with van der Waals surface area (Å²) in [6.45, 7) is 6.60. The van der Waals surface area contributed by atoms with E-state index in [4.69, 9.17) is 0 Å². The summed E-state index contributed by atoms with van der Waals surface area (Å²) < 4.78 is 0. The maximum Gasteiger partial charge on any atom is 0.254 e. The van der Waals surface area contributed by atoms with Crippen molar-refractivity contribution in [1.29, 1.82) is 0 Å². The summed E-state index contributed by atoms with van der Waals surface area (Å²) in [4.78, 5) is 14.4. The van der Waals surface area contributed by atoms with Crippen LogP contribution in [0, 0.1) is 5.92 Å². The summed E-state index contributed by atoms with van der Waals surface area (Å²) in [6, 6.07) is 8.00. The molecule has 1 aliphatic rings. The third-order valence-electron chi connectivity index (χ3n) is 4.40. The maximum atomic E-state index is 12.4. The smallest absolute Gasteiger partial charge is 0.254 e. The molecule has 0 bridgehead atoms.